The summed E-state index contributed by atoms with van der Waals surface area (Å²) in [5, 5.41) is 2.76. The fourth-order valence-corrected chi connectivity index (χ4v) is 5.44. The SMILES string of the molecule is CC(=O)NC(CCC(=O)c1c(F)cccc1F)c1ccc(Br)cc1.Cl.Fc1cccc(F)c1C1=NC(c2ccc(Br)cc2)CC1. The van der Waals surface area contributed by atoms with E-state index in [4.69, 9.17) is 0 Å². The van der Waals surface area contributed by atoms with E-state index >= 15 is 0 Å². The molecular formula is C34H29Br2ClF4N2O2. The maximum atomic E-state index is 13.8. The van der Waals surface area contributed by atoms with Crippen LogP contribution in [0, 0.1) is 23.3 Å². The fraction of sp³-hybridized carbons (Fsp3) is 0.206. The molecule has 45 heavy (non-hydrogen) atoms. The lowest BCUT2D eigenvalue weighted by Gasteiger charge is -2.18. The molecule has 1 N–H and O–H groups in total. The van der Waals surface area contributed by atoms with Crippen molar-refractivity contribution >= 4 is 61.7 Å². The summed E-state index contributed by atoms with van der Waals surface area (Å²) in [6.45, 7) is 1.38. The predicted molar refractivity (Wildman–Crippen MR) is 177 cm³/mol. The number of nitrogens with one attached hydrogen (secondary N) is 1. The van der Waals surface area contributed by atoms with Gasteiger partial charge in [0.2, 0.25) is 5.91 Å². The Labute approximate surface area is 282 Å². The Balaban J connectivity index is 0.000000243. The average Bonchev–Trinajstić information content (AvgIpc) is 3.46. The second kappa shape index (κ2) is 16.8. The summed E-state index contributed by atoms with van der Waals surface area (Å²) in [5.74, 6) is -3.70. The Morgan fingerprint density at radius 3 is 1.87 bits per heavy atom. The van der Waals surface area contributed by atoms with Crippen LogP contribution < -0.4 is 5.32 Å². The van der Waals surface area contributed by atoms with E-state index in [0.717, 1.165) is 38.6 Å². The van der Waals surface area contributed by atoms with E-state index in [1.807, 2.05) is 48.5 Å². The summed E-state index contributed by atoms with van der Waals surface area (Å²) in [7, 11) is 0. The minimum Gasteiger partial charge on any atom is -0.350 e. The number of aliphatic imine (C=N–C) groups is 1. The maximum Gasteiger partial charge on any atom is 0.217 e. The fourth-order valence-electron chi connectivity index (χ4n) is 4.91. The first-order valence-electron chi connectivity index (χ1n) is 13.8. The van der Waals surface area contributed by atoms with Crippen molar-refractivity contribution in [2.45, 2.75) is 44.7 Å². The van der Waals surface area contributed by atoms with Crippen LogP contribution in [-0.2, 0) is 4.79 Å². The van der Waals surface area contributed by atoms with Crippen molar-refractivity contribution in [2.75, 3.05) is 0 Å². The van der Waals surface area contributed by atoms with Crippen molar-refractivity contribution in [3.05, 3.63) is 139 Å². The molecule has 1 aliphatic heterocycles. The average molecular weight is 769 g/mol. The van der Waals surface area contributed by atoms with Gasteiger partial charge in [-0.2, -0.15) is 0 Å². The molecule has 0 saturated carbocycles. The Morgan fingerprint density at radius 2 is 1.33 bits per heavy atom. The number of carbonyl (C=O) groups is 2. The highest BCUT2D eigenvalue weighted by molar-refractivity contribution is 9.10. The van der Waals surface area contributed by atoms with Crippen LogP contribution in [0.3, 0.4) is 0 Å². The second-order valence-corrected chi connectivity index (χ2v) is 12.0. The highest BCUT2D eigenvalue weighted by atomic mass is 79.9. The highest BCUT2D eigenvalue weighted by Crippen LogP contribution is 2.33. The number of hydrogen-bond donors (Lipinski definition) is 1. The van der Waals surface area contributed by atoms with Gasteiger partial charge in [-0.05, 0) is 78.9 Å². The minimum absolute atomic E-state index is 0. The topological polar surface area (TPSA) is 58.5 Å². The predicted octanol–water partition coefficient (Wildman–Crippen LogP) is 10.0. The zero-order chi connectivity index (χ0) is 31.8. The number of carbonyl (C=O) groups excluding carboxylic acids is 2. The van der Waals surface area contributed by atoms with Gasteiger partial charge >= 0.3 is 0 Å². The molecule has 4 aromatic carbocycles. The van der Waals surface area contributed by atoms with Gasteiger partial charge in [-0.3, -0.25) is 14.6 Å². The first-order valence-corrected chi connectivity index (χ1v) is 15.4. The first-order chi connectivity index (χ1) is 21.0. The van der Waals surface area contributed by atoms with E-state index in [9.17, 15) is 27.2 Å². The molecule has 0 fully saturated rings. The summed E-state index contributed by atoms with van der Waals surface area (Å²) in [6.07, 6.45) is 1.54. The number of hydrogen-bond acceptors (Lipinski definition) is 3. The summed E-state index contributed by atoms with van der Waals surface area (Å²) in [5.41, 5.74) is 1.89. The second-order valence-electron chi connectivity index (χ2n) is 10.1. The maximum absolute atomic E-state index is 13.8. The van der Waals surface area contributed by atoms with Crippen LogP contribution in [0.25, 0.3) is 0 Å². The Bertz CT molecular complexity index is 1630. The molecule has 0 spiro atoms. The van der Waals surface area contributed by atoms with Crippen molar-refractivity contribution in [1.82, 2.24) is 5.32 Å². The van der Waals surface area contributed by atoms with E-state index in [0.29, 0.717) is 12.1 Å². The van der Waals surface area contributed by atoms with Gasteiger partial charge in [0.15, 0.2) is 5.78 Å². The third kappa shape index (κ3) is 9.82. The summed E-state index contributed by atoms with van der Waals surface area (Å²) >= 11 is 6.72. The van der Waals surface area contributed by atoms with Crippen LogP contribution in [0.15, 0.2) is 98.9 Å². The first kappa shape index (κ1) is 36.1. The molecule has 2 unspecified atom stereocenters. The summed E-state index contributed by atoms with van der Waals surface area (Å²) in [4.78, 5) is 28.1. The van der Waals surface area contributed by atoms with Crippen LogP contribution in [0.1, 0.15) is 71.7 Å². The van der Waals surface area contributed by atoms with E-state index in [-0.39, 0.29) is 42.8 Å². The number of benzene rings is 4. The standard InChI is InChI=1S/C18H16BrF2NO2.C16H12BrF2N.ClH/c1-11(23)22-16(12-5-7-13(19)8-6-12)9-10-17(24)18-14(20)3-2-4-15(18)21;17-11-6-4-10(5-7-11)14-8-9-15(20-14)16-12(18)2-1-3-13(16)19;/h2-8,16H,9-10H2,1H3,(H,22,23);1-7,14H,8-9H2;1H. The third-order valence-corrected chi connectivity index (χ3v) is 8.08. The van der Waals surface area contributed by atoms with Crippen molar-refractivity contribution in [1.29, 1.82) is 0 Å². The molecule has 1 aliphatic rings. The molecule has 0 aromatic heterocycles. The Hall–Kier alpha value is -3.34. The highest BCUT2D eigenvalue weighted by Gasteiger charge is 2.24. The molecule has 5 rings (SSSR count). The minimum atomic E-state index is -0.875. The van der Waals surface area contributed by atoms with E-state index in [2.05, 4.69) is 42.2 Å². The lowest BCUT2D eigenvalue weighted by Crippen LogP contribution is -2.26. The van der Waals surface area contributed by atoms with Gasteiger partial charge in [-0.25, -0.2) is 17.6 Å². The van der Waals surface area contributed by atoms with E-state index in [1.54, 1.807) is 0 Å². The van der Waals surface area contributed by atoms with Crippen molar-refractivity contribution in [3.8, 4) is 0 Å². The largest absolute Gasteiger partial charge is 0.350 e. The van der Waals surface area contributed by atoms with Crippen LogP contribution in [0.4, 0.5) is 17.6 Å². The molecule has 2 atom stereocenters. The van der Waals surface area contributed by atoms with E-state index < -0.39 is 40.7 Å². The van der Waals surface area contributed by atoms with Gasteiger partial charge in [0.1, 0.15) is 23.3 Å². The number of amides is 1. The monoisotopic (exact) mass is 766 g/mol. The molecule has 0 bridgehead atoms. The number of ketones is 1. The molecule has 4 nitrogen and oxygen atoms in total. The van der Waals surface area contributed by atoms with Crippen LogP contribution >= 0.6 is 44.3 Å². The van der Waals surface area contributed by atoms with Crippen molar-refractivity contribution in [2.24, 2.45) is 4.99 Å². The lowest BCUT2D eigenvalue weighted by molar-refractivity contribution is -0.119. The molecule has 0 saturated heterocycles. The van der Waals surface area contributed by atoms with Crippen molar-refractivity contribution in [3.63, 3.8) is 0 Å². The molecule has 1 heterocycles. The molecule has 0 aliphatic carbocycles. The van der Waals surface area contributed by atoms with E-state index in [1.165, 1.54) is 31.2 Å². The van der Waals surface area contributed by atoms with Crippen molar-refractivity contribution < 1.29 is 27.2 Å². The normalized spacial score (nSPS) is 14.4. The van der Waals surface area contributed by atoms with Gasteiger partial charge in [-0.1, -0.05) is 68.3 Å². The smallest absolute Gasteiger partial charge is 0.217 e. The molecule has 0 radical (unpaired) electrons. The third-order valence-electron chi connectivity index (χ3n) is 7.02. The van der Waals surface area contributed by atoms with Gasteiger partial charge in [0, 0.05) is 28.0 Å². The van der Waals surface area contributed by atoms with Crippen LogP contribution in [0.2, 0.25) is 0 Å². The van der Waals surface area contributed by atoms with Crippen LogP contribution in [0.5, 0.6) is 0 Å². The number of Topliss-reactive ketones (excluding diaryl/α,β-unsaturated/α-hetero) is 1. The van der Waals surface area contributed by atoms with Gasteiger partial charge in [-0.15, -0.1) is 12.4 Å². The number of halogens is 7. The molecular weight excluding hydrogens is 740 g/mol. The zero-order valence-corrected chi connectivity index (χ0v) is 28.0. The Morgan fingerprint density at radius 1 is 0.822 bits per heavy atom. The molecule has 4 aromatic rings. The molecule has 1 amide bonds. The summed E-state index contributed by atoms with van der Waals surface area (Å²) in [6, 6.07) is 22.0. The number of rotatable bonds is 8. The zero-order valence-electron chi connectivity index (χ0n) is 24.0. The van der Waals surface area contributed by atoms with Gasteiger partial charge < -0.3 is 5.32 Å². The Kier molecular flexibility index (Phi) is 13.5. The summed E-state index contributed by atoms with van der Waals surface area (Å²) < 4.78 is 56.7. The molecule has 11 heteroatoms. The molecule has 236 valence electrons. The number of nitrogens with zero attached hydrogens (tertiary/aromatic N) is 1. The van der Waals surface area contributed by atoms with Gasteiger partial charge in [0.05, 0.1) is 23.2 Å². The van der Waals surface area contributed by atoms with Crippen LogP contribution in [-0.4, -0.2) is 17.4 Å². The quantitative estimate of drug-likeness (QED) is 0.143. The lowest BCUT2D eigenvalue weighted by atomic mass is 9.97. The van der Waals surface area contributed by atoms with Gasteiger partial charge in [0.25, 0.3) is 0 Å².